The van der Waals surface area contributed by atoms with E-state index in [0.717, 1.165) is 0 Å². The summed E-state index contributed by atoms with van der Waals surface area (Å²) in [4.78, 5) is 12.2. The number of hydrogen-bond donors (Lipinski definition) is 0. The molecule has 2 atom stereocenters. The van der Waals surface area contributed by atoms with Crippen LogP contribution in [0.3, 0.4) is 0 Å². The number of nitrogens with zero attached hydrogens (tertiary/aromatic N) is 3. The van der Waals surface area contributed by atoms with Crippen LogP contribution in [0.2, 0.25) is 10.0 Å². The first-order chi connectivity index (χ1) is 14.1. The Morgan fingerprint density at radius 1 is 1.24 bits per heavy atom. The molecule has 1 aromatic heterocycles. The van der Waals surface area contributed by atoms with E-state index >= 15 is 0 Å². The number of aromatic nitrogens is 3. The minimum Gasteiger partial charge on any atom is -0.459 e. The fourth-order valence-electron chi connectivity index (χ4n) is 3.11. The molecule has 0 aliphatic carbocycles. The molecule has 1 aliphatic rings. The third kappa shape index (κ3) is 4.43. The molecule has 150 valence electrons. The van der Waals surface area contributed by atoms with Gasteiger partial charge in [0.2, 0.25) is 5.79 Å². The zero-order valence-electron chi connectivity index (χ0n) is 15.2. The Morgan fingerprint density at radius 2 is 2.07 bits per heavy atom. The summed E-state index contributed by atoms with van der Waals surface area (Å²) in [6.07, 6.45) is 2.78. The average Bonchev–Trinajstić information content (AvgIpc) is 3.37. The summed E-state index contributed by atoms with van der Waals surface area (Å²) in [5.41, 5.74) is 1.08. The summed E-state index contributed by atoms with van der Waals surface area (Å²) >= 11 is 12.5. The molecule has 2 aromatic carbocycles. The van der Waals surface area contributed by atoms with Crippen molar-refractivity contribution in [2.24, 2.45) is 0 Å². The second-order valence-electron chi connectivity index (χ2n) is 6.49. The number of carbonyl (C=O) groups excluding carboxylic acids is 1. The molecule has 7 nitrogen and oxygen atoms in total. The van der Waals surface area contributed by atoms with Crippen molar-refractivity contribution in [3.05, 3.63) is 82.1 Å². The molecule has 4 rings (SSSR count). The summed E-state index contributed by atoms with van der Waals surface area (Å²) < 4.78 is 19.2. The van der Waals surface area contributed by atoms with E-state index in [1.807, 2.05) is 6.07 Å². The summed E-state index contributed by atoms with van der Waals surface area (Å²) in [7, 11) is 0. The maximum Gasteiger partial charge on any atom is 0.338 e. The first-order valence-corrected chi connectivity index (χ1v) is 9.65. The van der Waals surface area contributed by atoms with Crippen molar-refractivity contribution >= 4 is 29.2 Å². The van der Waals surface area contributed by atoms with Crippen LogP contribution in [-0.2, 0) is 26.5 Å². The van der Waals surface area contributed by atoms with Gasteiger partial charge >= 0.3 is 5.97 Å². The first-order valence-electron chi connectivity index (χ1n) is 8.89. The summed E-state index contributed by atoms with van der Waals surface area (Å²) in [6, 6.07) is 13.8. The van der Waals surface area contributed by atoms with Gasteiger partial charge in [0.25, 0.3) is 0 Å². The Balaban J connectivity index is 1.51. The number of ether oxygens (including phenoxy) is 3. The number of hydrogen-bond acceptors (Lipinski definition) is 6. The lowest BCUT2D eigenvalue weighted by Crippen LogP contribution is -2.35. The highest BCUT2D eigenvalue weighted by Crippen LogP contribution is 2.40. The highest BCUT2D eigenvalue weighted by atomic mass is 35.5. The van der Waals surface area contributed by atoms with Gasteiger partial charge in [-0.2, -0.15) is 0 Å². The maximum atomic E-state index is 12.2. The van der Waals surface area contributed by atoms with Crippen LogP contribution >= 0.6 is 23.2 Å². The van der Waals surface area contributed by atoms with Gasteiger partial charge in [-0.1, -0.05) is 52.7 Å². The van der Waals surface area contributed by atoms with E-state index in [4.69, 9.17) is 37.4 Å². The van der Waals surface area contributed by atoms with Crippen LogP contribution in [0.15, 0.2) is 60.9 Å². The third-order valence-electron chi connectivity index (χ3n) is 4.45. The molecule has 1 fully saturated rings. The van der Waals surface area contributed by atoms with Gasteiger partial charge in [-0.15, -0.1) is 5.10 Å². The Bertz CT molecular complexity index is 985. The zero-order chi connectivity index (χ0) is 20.3. The van der Waals surface area contributed by atoms with E-state index in [1.165, 1.54) is 0 Å². The minimum atomic E-state index is -1.21. The molecular weight excluding hydrogens is 417 g/mol. The second-order valence-corrected chi connectivity index (χ2v) is 7.34. The Labute approximate surface area is 177 Å². The molecule has 2 heterocycles. The largest absolute Gasteiger partial charge is 0.459 e. The lowest BCUT2D eigenvalue weighted by Gasteiger charge is -2.29. The molecule has 29 heavy (non-hydrogen) atoms. The molecule has 1 aliphatic heterocycles. The third-order valence-corrected chi connectivity index (χ3v) is 5.00. The number of esters is 1. The smallest absolute Gasteiger partial charge is 0.338 e. The average molecular weight is 434 g/mol. The maximum absolute atomic E-state index is 12.2. The monoisotopic (exact) mass is 433 g/mol. The van der Waals surface area contributed by atoms with Crippen molar-refractivity contribution < 1.29 is 19.0 Å². The predicted molar refractivity (Wildman–Crippen MR) is 106 cm³/mol. The van der Waals surface area contributed by atoms with Gasteiger partial charge in [0, 0.05) is 16.8 Å². The number of halogens is 2. The van der Waals surface area contributed by atoms with Crippen molar-refractivity contribution in [3.63, 3.8) is 0 Å². The van der Waals surface area contributed by atoms with Crippen LogP contribution in [0.25, 0.3) is 0 Å². The van der Waals surface area contributed by atoms with Gasteiger partial charge in [0.1, 0.15) is 19.3 Å². The van der Waals surface area contributed by atoms with Crippen molar-refractivity contribution in [2.75, 3.05) is 13.2 Å². The molecule has 0 spiro atoms. The Kier molecular flexibility index (Phi) is 5.82. The van der Waals surface area contributed by atoms with Crippen LogP contribution in [0, 0.1) is 0 Å². The van der Waals surface area contributed by atoms with Crippen LogP contribution in [-0.4, -0.2) is 40.3 Å². The van der Waals surface area contributed by atoms with E-state index < -0.39 is 17.9 Å². The fourth-order valence-corrected chi connectivity index (χ4v) is 3.66. The fraction of sp³-hybridized carbons (Fsp3) is 0.250. The van der Waals surface area contributed by atoms with E-state index in [0.29, 0.717) is 21.2 Å². The normalized spacial score (nSPS) is 21.2. The lowest BCUT2D eigenvalue weighted by atomic mass is 10.1. The van der Waals surface area contributed by atoms with Crippen LogP contribution < -0.4 is 0 Å². The summed E-state index contributed by atoms with van der Waals surface area (Å²) in [5, 5.41) is 8.71. The van der Waals surface area contributed by atoms with Crippen molar-refractivity contribution in [2.45, 2.75) is 18.4 Å². The van der Waals surface area contributed by atoms with Gasteiger partial charge in [-0.25, -0.2) is 9.48 Å². The molecule has 0 amide bonds. The Morgan fingerprint density at radius 3 is 2.79 bits per heavy atom. The van der Waals surface area contributed by atoms with Gasteiger partial charge in [0.05, 0.1) is 23.4 Å². The zero-order valence-corrected chi connectivity index (χ0v) is 16.7. The van der Waals surface area contributed by atoms with Crippen LogP contribution in [0.1, 0.15) is 15.9 Å². The molecule has 0 radical (unpaired) electrons. The standard InChI is InChI=1S/C20H17Cl2N3O4/c21-15-6-7-17(18(22)10-15)20(13-25-9-8-23-24-25)28-12-16(29-20)11-27-19(26)14-4-2-1-3-5-14/h1-10,16H,11-13H2/t16-,20-/m1/s1. The Hall–Kier alpha value is -2.45. The number of benzene rings is 2. The quantitative estimate of drug-likeness (QED) is 0.551. The second kappa shape index (κ2) is 8.51. The van der Waals surface area contributed by atoms with Gasteiger partial charge in [-0.3, -0.25) is 0 Å². The molecule has 0 saturated carbocycles. The lowest BCUT2D eigenvalue weighted by molar-refractivity contribution is -0.191. The molecule has 0 bridgehead atoms. The highest BCUT2D eigenvalue weighted by molar-refractivity contribution is 6.35. The van der Waals surface area contributed by atoms with E-state index in [9.17, 15) is 4.79 Å². The molecule has 0 unspecified atom stereocenters. The van der Waals surface area contributed by atoms with E-state index in [1.54, 1.807) is 59.5 Å². The van der Waals surface area contributed by atoms with Crippen molar-refractivity contribution in [1.29, 1.82) is 0 Å². The number of rotatable bonds is 6. The van der Waals surface area contributed by atoms with E-state index in [2.05, 4.69) is 10.3 Å². The summed E-state index contributed by atoms with van der Waals surface area (Å²) in [6.45, 7) is 0.477. The topological polar surface area (TPSA) is 75.5 Å². The van der Waals surface area contributed by atoms with Gasteiger partial charge < -0.3 is 14.2 Å². The van der Waals surface area contributed by atoms with Gasteiger partial charge in [0.15, 0.2) is 0 Å². The number of carbonyl (C=O) groups is 1. The SMILES string of the molecule is O=C(OC[C@@H]1CO[C@@](Cn2ccnn2)(c2ccc(Cl)cc2Cl)O1)c1ccccc1. The van der Waals surface area contributed by atoms with Crippen LogP contribution in [0.5, 0.6) is 0 Å². The molecular formula is C20H17Cl2N3O4. The minimum absolute atomic E-state index is 0.0397. The van der Waals surface area contributed by atoms with Gasteiger partial charge in [-0.05, 0) is 24.3 Å². The molecule has 1 saturated heterocycles. The van der Waals surface area contributed by atoms with Crippen molar-refractivity contribution in [1.82, 2.24) is 15.0 Å². The van der Waals surface area contributed by atoms with Crippen molar-refractivity contribution in [3.8, 4) is 0 Å². The first kappa shape index (κ1) is 19.8. The van der Waals surface area contributed by atoms with Crippen LogP contribution in [0.4, 0.5) is 0 Å². The molecule has 9 heteroatoms. The predicted octanol–water partition coefficient (Wildman–Crippen LogP) is 3.71. The highest BCUT2D eigenvalue weighted by Gasteiger charge is 2.45. The molecule has 0 N–H and O–H groups in total. The molecule has 3 aromatic rings. The van der Waals surface area contributed by atoms with E-state index in [-0.39, 0.29) is 19.8 Å². The summed E-state index contributed by atoms with van der Waals surface area (Å²) in [5.74, 6) is -1.63.